The molecular weight excluding hydrogens is 285 g/mol. The number of aromatic nitrogens is 2. The maximum Gasteiger partial charge on any atom is 0.451 e. The maximum atomic E-state index is 12.8. The first-order valence-electron chi connectivity index (χ1n) is 6.60. The van der Waals surface area contributed by atoms with Gasteiger partial charge in [0.25, 0.3) is 0 Å². The lowest BCUT2D eigenvalue weighted by molar-refractivity contribution is -0.144. The lowest BCUT2D eigenvalue weighted by atomic mass is 10.3. The van der Waals surface area contributed by atoms with Gasteiger partial charge in [-0.05, 0) is 34.0 Å². The van der Waals surface area contributed by atoms with Crippen molar-refractivity contribution in [1.82, 2.24) is 14.9 Å². The van der Waals surface area contributed by atoms with E-state index in [4.69, 9.17) is 5.84 Å². The fraction of sp³-hybridized carbons (Fsp3) is 0.667. The number of hydrazine groups is 1. The first-order valence-corrected chi connectivity index (χ1v) is 6.60. The Balaban J connectivity index is 2.97. The largest absolute Gasteiger partial charge is 0.451 e. The first-order chi connectivity index (χ1) is 9.77. The number of hydrogen-bond acceptors (Lipinski definition) is 6. The highest BCUT2D eigenvalue weighted by atomic mass is 19.4. The van der Waals surface area contributed by atoms with Crippen molar-refractivity contribution in [3.8, 4) is 0 Å². The highest BCUT2D eigenvalue weighted by Gasteiger charge is 2.35. The predicted molar refractivity (Wildman–Crippen MR) is 75.9 cm³/mol. The molecule has 1 aromatic rings. The van der Waals surface area contributed by atoms with Crippen molar-refractivity contribution >= 4 is 11.6 Å². The number of nitrogens with one attached hydrogen (secondary N) is 1. The normalized spacial score (nSPS) is 11.8. The van der Waals surface area contributed by atoms with Crippen molar-refractivity contribution in [3.63, 3.8) is 0 Å². The molecule has 0 spiro atoms. The molecule has 3 N–H and O–H groups in total. The monoisotopic (exact) mass is 306 g/mol. The number of hydrogen-bond donors (Lipinski definition) is 2. The van der Waals surface area contributed by atoms with Gasteiger partial charge < -0.3 is 15.2 Å². The van der Waals surface area contributed by atoms with Gasteiger partial charge in [0, 0.05) is 19.2 Å². The highest BCUT2D eigenvalue weighted by molar-refractivity contribution is 5.49. The van der Waals surface area contributed by atoms with Gasteiger partial charge in [0.15, 0.2) is 0 Å². The summed E-state index contributed by atoms with van der Waals surface area (Å²) in [5.41, 5.74) is 2.15. The van der Waals surface area contributed by atoms with Gasteiger partial charge in [-0.2, -0.15) is 13.2 Å². The topological polar surface area (TPSA) is 70.3 Å². The van der Waals surface area contributed by atoms with E-state index >= 15 is 0 Å². The van der Waals surface area contributed by atoms with Gasteiger partial charge in [0.05, 0.1) is 0 Å². The Hall–Kier alpha value is -1.61. The summed E-state index contributed by atoms with van der Waals surface area (Å²) in [7, 11) is 3.89. The van der Waals surface area contributed by atoms with Crippen LogP contribution in [0.25, 0.3) is 0 Å². The molecule has 1 aromatic heterocycles. The molecular formula is C12H21F3N6. The van der Waals surface area contributed by atoms with E-state index in [0.29, 0.717) is 13.1 Å². The smallest absolute Gasteiger partial charge is 0.357 e. The van der Waals surface area contributed by atoms with E-state index < -0.39 is 12.0 Å². The second-order valence-electron chi connectivity index (χ2n) is 4.81. The molecule has 0 atom stereocenters. The average molecular weight is 306 g/mol. The molecule has 0 radical (unpaired) electrons. The van der Waals surface area contributed by atoms with Crippen LogP contribution in [0, 0.1) is 0 Å². The standard InChI is InChI=1S/C12H21F3N6/c1-4-21(7-5-6-20(2)3)10-8-9(19-16)17-11(18-10)12(13,14)15/h8H,4-7,16H2,1-3H3,(H,17,18,19). The highest BCUT2D eigenvalue weighted by Crippen LogP contribution is 2.29. The second-order valence-corrected chi connectivity index (χ2v) is 4.81. The van der Waals surface area contributed by atoms with E-state index in [9.17, 15) is 13.2 Å². The molecule has 0 bridgehead atoms. The molecule has 0 aliphatic carbocycles. The molecule has 0 saturated carbocycles. The summed E-state index contributed by atoms with van der Waals surface area (Å²) in [5.74, 6) is 4.14. The summed E-state index contributed by atoms with van der Waals surface area (Å²) in [6, 6.07) is 1.41. The number of halogens is 3. The fourth-order valence-corrected chi connectivity index (χ4v) is 1.81. The predicted octanol–water partition coefficient (Wildman–Crippen LogP) is 1.56. The van der Waals surface area contributed by atoms with Crippen LogP contribution in [0.5, 0.6) is 0 Å². The zero-order valence-corrected chi connectivity index (χ0v) is 12.4. The van der Waals surface area contributed by atoms with Crippen LogP contribution in [0.1, 0.15) is 19.2 Å². The molecule has 0 fully saturated rings. The van der Waals surface area contributed by atoms with Crippen LogP contribution >= 0.6 is 0 Å². The summed E-state index contributed by atoms with van der Waals surface area (Å²) in [6.07, 6.45) is -3.79. The summed E-state index contributed by atoms with van der Waals surface area (Å²) < 4.78 is 38.4. The Bertz CT molecular complexity index is 449. The number of nitrogens with zero attached hydrogens (tertiary/aromatic N) is 4. The van der Waals surface area contributed by atoms with Crippen LogP contribution in [0.2, 0.25) is 0 Å². The van der Waals surface area contributed by atoms with E-state index in [-0.39, 0.29) is 11.6 Å². The van der Waals surface area contributed by atoms with E-state index in [0.717, 1.165) is 13.0 Å². The van der Waals surface area contributed by atoms with Gasteiger partial charge in [0.2, 0.25) is 5.82 Å². The van der Waals surface area contributed by atoms with Crippen molar-refractivity contribution in [3.05, 3.63) is 11.9 Å². The third-order valence-corrected chi connectivity index (χ3v) is 2.85. The molecule has 6 nitrogen and oxygen atoms in total. The van der Waals surface area contributed by atoms with E-state index in [1.807, 2.05) is 25.9 Å². The molecule has 120 valence electrons. The molecule has 0 aromatic carbocycles. The SMILES string of the molecule is CCN(CCCN(C)C)c1cc(NN)nc(C(F)(F)F)n1. The van der Waals surface area contributed by atoms with Gasteiger partial charge in [-0.25, -0.2) is 15.8 Å². The average Bonchev–Trinajstić information content (AvgIpc) is 2.41. The van der Waals surface area contributed by atoms with Crippen LogP contribution in [0.4, 0.5) is 24.8 Å². The number of alkyl halides is 3. The van der Waals surface area contributed by atoms with Crippen LogP contribution in [0.15, 0.2) is 6.07 Å². The first kappa shape index (κ1) is 17.4. The van der Waals surface area contributed by atoms with Gasteiger partial charge in [0.1, 0.15) is 11.6 Å². The Morgan fingerprint density at radius 1 is 1.24 bits per heavy atom. The quantitative estimate of drug-likeness (QED) is 0.588. The minimum atomic E-state index is -4.61. The molecule has 0 aliphatic heterocycles. The molecule has 1 heterocycles. The number of anilines is 2. The minimum absolute atomic E-state index is 0.0571. The summed E-state index contributed by atoms with van der Waals surface area (Å²) >= 11 is 0. The Kier molecular flexibility index (Phi) is 6.16. The maximum absolute atomic E-state index is 12.8. The van der Waals surface area contributed by atoms with Crippen LogP contribution in [0.3, 0.4) is 0 Å². The van der Waals surface area contributed by atoms with Gasteiger partial charge in [-0.3, -0.25) is 0 Å². The number of nitrogen functional groups attached to an aromatic ring is 1. The Labute approximate surface area is 122 Å². The second kappa shape index (κ2) is 7.41. The zero-order valence-electron chi connectivity index (χ0n) is 12.4. The molecule has 9 heteroatoms. The molecule has 21 heavy (non-hydrogen) atoms. The Morgan fingerprint density at radius 3 is 2.38 bits per heavy atom. The van der Waals surface area contributed by atoms with Crippen molar-refractivity contribution in [1.29, 1.82) is 0 Å². The van der Waals surface area contributed by atoms with Gasteiger partial charge >= 0.3 is 6.18 Å². The minimum Gasteiger partial charge on any atom is -0.357 e. The number of rotatable bonds is 7. The third-order valence-electron chi connectivity index (χ3n) is 2.85. The van der Waals surface area contributed by atoms with Crippen LogP contribution in [-0.2, 0) is 6.18 Å². The van der Waals surface area contributed by atoms with Crippen molar-refractivity contribution in [2.75, 3.05) is 44.1 Å². The van der Waals surface area contributed by atoms with Crippen molar-refractivity contribution < 1.29 is 13.2 Å². The fourth-order valence-electron chi connectivity index (χ4n) is 1.81. The van der Waals surface area contributed by atoms with Crippen molar-refractivity contribution in [2.45, 2.75) is 19.5 Å². The zero-order chi connectivity index (χ0) is 16.0. The van der Waals surface area contributed by atoms with Gasteiger partial charge in [-0.1, -0.05) is 0 Å². The Morgan fingerprint density at radius 2 is 1.90 bits per heavy atom. The van der Waals surface area contributed by atoms with E-state index in [1.54, 1.807) is 4.90 Å². The molecule has 0 amide bonds. The summed E-state index contributed by atoms with van der Waals surface area (Å²) in [4.78, 5) is 10.7. The molecule has 0 saturated heterocycles. The van der Waals surface area contributed by atoms with E-state index in [1.165, 1.54) is 6.07 Å². The number of nitrogens with two attached hydrogens (primary N) is 1. The third kappa shape index (κ3) is 5.35. The van der Waals surface area contributed by atoms with E-state index in [2.05, 4.69) is 15.4 Å². The van der Waals surface area contributed by atoms with Gasteiger partial charge in [-0.15, -0.1) is 0 Å². The van der Waals surface area contributed by atoms with Crippen molar-refractivity contribution in [2.24, 2.45) is 5.84 Å². The molecule has 0 aliphatic rings. The summed E-state index contributed by atoms with van der Waals surface area (Å²) in [5, 5.41) is 0. The molecule has 1 rings (SSSR count). The lowest BCUT2D eigenvalue weighted by Crippen LogP contribution is -2.29. The lowest BCUT2D eigenvalue weighted by Gasteiger charge is -2.24. The van der Waals surface area contributed by atoms with Crippen LogP contribution < -0.4 is 16.2 Å². The van der Waals surface area contributed by atoms with Crippen LogP contribution in [-0.4, -0.2) is 48.6 Å². The summed E-state index contributed by atoms with van der Waals surface area (Å²) in [6.45, 7) is 3.86. The molecule has 0 unspecified atom stereocenters.